The van der Waals surface area contributed by atoms with Crippen LogP contribution in [0.3, 0.4) is 0 Å². The first-order valence-corrected chi connectivity index (χ1v) is 28.9. The summed E-state index contributed by atoms with van der Waals surface area (Å²) in [6, 6.07) is -0.798. The van der Waals surface area contributed by atoms with Crippen LogP contribution in [-0.2, 0) is 14.3 Å². The van der Waals surface area contributed by atoms with Gasteiger partial charge in [0.15, 0.2) is 6.29 Å². The third-order valence-corrected chi connectivity index (χ3v) is 14.1. The van der Waals surface area contributed by atoms with E-state index >= 15 is 0 Å². The summed E-state index contributed by atoms with van der Waals surface area (Å²) in [6.45, 7) is 3.76. The van der Waals surface area contributed by atoms with Crippen molar-refractivity contribution in [1.82, 2.24) is 5.32 Å². The quantitative estimate of drug-likeness (QED) is 0.0261. The topological polar surface area (TPSA) is 149 Å². The molecule has 0 saturated carbocycles. The minimum Gasteiger partial charge on any atom is -0.394 e. The second-order valence-electron chi connectivity index (χ2n) is 20.5. The lowest BCUT2D eigenvalue weighted by Gasteiger charge is -2.40. The monoisotopic (exact) mass is 938 g/mol. The van der Waals surface area contributed by atoms with E-state index < -0.39 is 49.5 Å². The number of hydrogen-bond donors (Lipinski definition) is 6. The average molecular weight is 939 g/mol. The Morgan fingerprint density at radius 2 is 0.833 bits per heavy atom. The second-order valence-corrected chi connectivity index (χ2v) is 20.5. The van der Waals surface area contributed by atoms with E-state index in [9.17, 15) is 30.3 Å². The number of ether oxygens (including phenoxy) is 2. The molecule has 1 aliphatic rings. The molecular weight excluding hydrogens is 827 g/mol. The zero-order chi connectivity index (χ0) is 48.0. The van der Waals surface area contributed by atoms with Crippen LogP contribution in [0.15, 0.2) is 12.2 Å². The highest BCUT2D eigenvalue weighted by molar-refractivity contribution is 5.76. The van der Waals surface area contributed by atoms with Crippen LogP contribution in [0.25, 0.3) is 0 Å². The Balaban J connectivity index is 1.99. The number of carbonyl (C=O) groups excluding carboxylic acids is 1. The van der Waals surface area contributed by atoms with Crippen molar-refractivity contribution in [1.29, 1.82) is 0 Å². The molecule has 1 amide bonds. The minimum absolute atomic E-state index is 0.174. The van der Waals surface area contributed by atoms with Crippen molar-refractivity contribution in [3.63, 3.8) is 0 Å². The molecule has 0 aromatic heterocycles. The summed E-state index contributed by atoms with van der Waals surface area (Å²) in [6.07, 6.45) is 52.0. The van der Waals surface area contributed by atoms with E-state index in [1.165, 1.54) is 231 Å². The molecule has 0 bridgehead atoms. The smallest absolute Gasteiger partial charge is 0.220 e. The van der Waals surface area contributed by atoms with Crippen LogP contribution in [0.4, 0.5) is 0 Å². The van der Waals surface area contributed by atoms with E-state index in [2.05, 4.69) is 19.2 Å². The van der Waals surface area contributed by atoms with Gasteiger partial charge in [0.25, 0.3) is 0 Å². The number of unbranched alkanes of at least 4 members (excludes halogenated alkanes) is 40. The Morgan fingerprint density at radius 3 is 1.18 bits per heavy atom. The van der Waals surface area contributed by atoms with Gasteiger partial charge in [0.05, 0.1) is 25.4 Å². The molecule has 392 valence electrons. The van der Waals surface area contributed by atoms with Crippen LogP contribution in [0.2, 0.25) is 0 Å². The van der Waals surface area contributed by atoms with E-state index in [0.29, 0.717) is 6.42 Å². The highest BCUT2D eigenvalue weighted by Gasteiger charge is 2.44. The van der Waals surface area contributed by atoms with Crippen molar-refractivity contribution >= 4 is 5.91 Å². The lowest BCUT2D eigenvalue weighted by atomic mass is 9.99. The molecule has 0 spiro atoms. The molecule has 1 aliphatic heterocycles. The summed E-state index contributed by atoms with van der Waals surface area (Å²) in [5, 5.41) is 54.1. The summed E-state index contributed by atoms with van der Waals surface area (Å²) in [5.74, 6) is -0.174. The predicted octanol–water partition coefficient (Wildman–Crippen LogP) is 14.0. The van der Waals surface area contributed by atoms with Crippen molar-refractivity contribution in [2.75, 3.05) is 13.2 Å². The predicted molar refractivity (Wildman–Crippen MR) is 277 cm³/mol. The van der Waals surface area contributed by atoms with Crippen molar-refractivity contribution < 1.29 is 39.8 Å². The largest absolute Gasteiger partial charge is 0.394 e. The molecule has 6 N–H and O–H groups in total. The van der Waals surface area contributed by atoms with Gasteiger partial charge in [0.1, 0.15) is 24.4 Å². The van der Waals surface area contributed by atoms with Crippen LogP contribution in [0.5, 0.6) is 0 Å². The lowest BCUT2D eigenvalue weighted by Crippen LogP contribution is -2.60. The lowest BCUT2D eigenvalue weighted by molar-refractivity contribution is -0.302. The molecular formula is C57H111NO8. The van der Waals surface area contributed by atoms with Gasteiger partial charge in [-0.2, -0.15) is 0 Å². The highest BCUT2D eigenvalue weighted by Crippen LogP contribution is 2.23. The first-order valence-electron chi connectivity index (χ1n) is 28.9. The van der Waals surface area contributed by atoms with E-state index in [1.54, 1.807) is 6.08 Å². The summed E-state index contributed by atoms with van der Waals surface area (Å²) < 4.78 is 11.2. The molecule has 7 unspecified atom stereocenters. The van der Waals surface area contributed by atoms with E-state index in [0.717, 1.165) is 38.5 Å². The first kappa shape index (κ1) is 62.9. The molecule has 9 heteroatoms. The zero-order valence-corrected chi connectivity index (χ0v) is 43.5. The van der Waals surface area contributed by atoms with Gasteiger partial charge in [-0.25, -0.2) is 0 Å². The molecule has 9 nitrogen and oxygen atoms in total. The fraction of sp³-hybridized carbons (Fsp3) is 0.947. The van der Waals surface area contributed by atoms with Crippen LogP contribution in [0.1, 0.15) is 290 Å². The number of hydrogen-bond acceptors (Lipinski definition) is 8. The summed E-state index contributed by atoms with van der Waals surface area (Å²) in [5.41, 5.74) is 0. The maximum Gasteiger partial charge on any atom is 0.220 e. The van der Waals surface area contributed by atoms with Crippen molar-refractivity contribution in [3.8, 4) is 0 Å². The summed E-state index contributed by atoms with van der Waals surface area (Å²) >= 11 is 0. The number of allylic oxidation sites excluding steroid dienone is 1. The number of nitrogens with one attached hydrogen (secondary N) is 1. The van der Waals surface area contributed by atoms with Crippen molar-refractivity contribution in [2.45, 2.75) is 333 Å². The third-order valence-electron chi connectivity index (χ3n) is 14.1. The fourth-order valence-electron chi connectivity index (χ4n) is 9.51. The first-order chi connectivity index (χ1) is 32.3. The van der Waals surface area contributed by atoms with Gasteiger partial charge in [-0.3, -0.25) is 4.79 Å². The Hall–Kier alpha value is -1.07. The Bertz CT molecular complexity index is 1040. The van der Waals surface area contributed by atoms with Crippen LogP contribution >= 0.6 is 0 Å². The maximum absolute atomic E-state index is 13.0. The number of carbonyl (C=O) groups is 1. The second kappa shape index (κ2) is 47.6. The summed E-state index contributed by atoms with van der Waals surface area (Å²) in [4.78, 5) is 13.0. The van der Waals surface area contributed by atoms with Gasteiger partial charge in [-0.05, 0) is 19.3 Å². The van der Waals surface area contributed by atoms with E-state index in [-0.39, 0.29) is 12.5 Å². The third kappa shape index (κ3) is 36.9. The number of aliphatic hydroxyl groups is 5. The van der Waals surface area contributed by atoms with E-state index in [4.69, 9.17) is 9.47 Å². The number of rotatable bonds is 50. The molecule has 0 aromatic carbocycles. The van der Waals surface area contributed by atoms with Gasteiger partial charge < -0.3 is 40.3 Å². The normalized spacial score (nSPS) is 19.8. The fourth-order valence-corrected chi connectivity index (χ4v) is 9.51. The minimum atomic E-state index is -1.56. The SMILES string of the molecule is CCCCCCCC/C=C/C(O)C(COC1OC(CO)C(O)C(O)C1O)NC(=O)CCCCCCCCCCCCCCCCCCCCCCCCCCCCCCCCCCCCC. The molecule has 1 saturated heterocycles. The molecule has 0 aromatic rings. The van der Waals surface area contributed by atoms with Gasteiger partial charge >= 0.3 is 0 Å². The highest BCUT2D eigenvalue weighted by atomic mass is 16.7. The van der Waals surface area contributed by atoms with Crippen LogP contribution in [0, 0.1) is 0 Å². The van der Waals surface area contributed by atoms with Gasteiger partial charge in [-0.15, -0.1) is 0 Å². The Kier molecular flexibility index (Phi) is 45.4. The standard InChI is InChI=1S/C57H111NO8/c1-3-5-7-9-11-13-14-15-16-17-18-19-20-21-22-23-24-25-26-27-28-29-30-31-32-33-34-35-36-37-38-39-41-43-45-47-53(61)58-50(51(60)46-44-42-40-12-10-8-6-4-2)49-65-57-56(64)55(63)54(62)52(48-59)66-57/h44,46,50-52,54-57,59-60,62-64H,3-43,45,47-49H2,1-2H3,(H,58,61)/b46-44+. The maximum atomic E-state index is 13.0. The van der Waals surface area contributed by atoms with Crippen LogP contribution in [-0.4, -0.2) is 87.5 Å². The number of aliphatic hydroxyl groups excluding tert-OH is 5. The molecule has 1 rings (SSSR count). The molecule has 1 fully saturated rings. The number of amides is 1. The van der Waals surface area contributed by atoms with Gasteiger partial charge in [0.2, 0.25) is 5.91 Å². The molecule has 7 atom stereocenters. The molecule has 0 aliphatic carbocycles. The van der Waals surface area contributed by atoms with Gasteiger partial charge in [-0.1, -0.05) is 276 Å². The van der Waals surface area contributed by atoms with Gasteiger partial charge in [0, 0.05) is 6.42 Å². The average Bonchev–Trinajstić information content (AvgIpc) is 3.32. The molecule has 1 heterocycles. The molecule has 66 heavy (non-hydrogen) atoms. The Labute approximate surface area is 407 Å². The van der Waals surface area contributed by atoms with Crippen molar-refractivity contribution in [2.24, 2.45) is 0 Å². The summed E-state index contributed by atoms with van der Waals surface area (Å²) in [7, 11) is 0. The zero-order valence-electron chi connectivity index (χ0n) is 43.5. The van der Waals surface area contributed by atoms with Crippen LogP contribution < -0.4 is 5.32 Å². The Morgan fingerprint density at radius 1 is 0.500 bits per heavy atom. The van der Waals surface area contributed by atoms with E-state index in [1.807, 2.05) is 6.08 Å². The molecule has 0 radical (unpaired) electrons. The van der Waals surface area contributed by atoms with Crippen molar-refractivity contribution in [3.05, 3.63) is 12.2 Å².